The van der Waals surface area contributed by atoms with E-state index in [2.05, 4.69) is 71.8 Å². The van der Waals surface area contributed by atoms with Crippen LogP contribution in [0.25, 0.3) is 22.5 Å². The Balaban J connectivity index is 0.00000182. The molecular weight excluding hydrogens is 399 g/mol. The van der Waals surface area contributed by atoms with Gasteiger partial charge in [0, 0.05) is 19.5 Å². The van der Waals surface area contributed by atoms with E-state index >= 15 is 0 Å². The minimum atomic E-state index is 0. The van der Waals surface area contributed by atoms with E-state index in [1.807, 2.05) is 16.8 Å². The minimum Gasteiger partial charge on any atom is -0.262 e. The SMILES string of the molecule is CC1CCC(C)C1n1nnnc1-c1[c-]ccc(-c2ccccc2)c1.[Rh]. The van der Waals surface area contributed by atoms with Gasteiger partial charge in [-0.2, -0.15) is 5.10 Å². The normalized spacial score (nSPS) is 22.6. The third-order valence-electron chi connectivity index (χ3n) is 5.17. The number of tetrazole rings is 1. The molecule has 1 heterocycles. The number of rotatable bonds is 3. The van der Waals surface area contributed by atoms with Crippen LogP contribution in [0.1, 0.15) is 32.7 Å². The summed E-state index contributed by atoms with van der Waals surface area (Å²) in [5.74, 6) is 2.01. The van der Waals surface area contributed by atoms with Gasteiger partial charge in [0.1, 0.15) is 0 Å². The topological polar surface area (TPSA) is 43.6 Å². The largest absolute Gasteiger partial charge is 0.262 e. The van der Waals surface area contributed by atoms with Gasteiger partial charge in [-0.3, -0.25) is 4.68 Å². The van der Waals surface area contributed by atoms with Crippen LogP contribution in [0.2, 0.25) is 0 Å². The smallest absolute Gasteiger partial charge is 0.0988 e. The summed E-state index contributed by atoms with van der Waals surface area (Å²) in [5.41, 5.74) is 3.30. The molecule has 2 atom stereocenters. The molecule has 1 aliphatic rings. The monoisotopic (exact) mass is 420 g/mol. The van der Waals surface area contributed by atoms with E-state index in [-0.39, 0.29) is 19.5 Å². The third kappa shape index (κ3) is 3.43. The second-order valence-corrected chi connectivity index (χ2v) is 6.83. The Hall–Kier alpha value is -1.87. The standard InChI is InChI=1S/C20H21N4.Rh/c1-14-11-12-15(2)19(14)24-20(21-22-23-24)18-10-6-9-17(13-18)16-7-4-3-5-8-16;/h3-9,13-15,19H,11-12H2,1-2H3;/q-1;. The van der Waals surface area contributed by atoms with Gasteiger partial charge in [0.05, 0.1) is 11.9 Å². The first-order chi connectivity index (χ1) is 11.7. The van der Waals surface area contributed by atoms with Crippen LogP contribution in [0.15, 0.2) is 48.5 Å². The fourth-order valence-electron chi connectivity index (χ4n) is 3.89. The van der Waals surface area contributed by atoms with Crippen LogP contribution in [0.5, 0.6) is 0 Å². The first kappa shape index (κ1) is 17.9. The van der Waals surface area contributed by atoms with Gasteiger partial charge in [-0.1, -0.05) is 49.4 Å². The van der Waals surface area contributed by atoms with E-state index in [1.165, 1.54) is 18.4 Å². The minimum absolute atomic E-state index is 0. The maximum atomic E-state index is 4.31. The fraction of sp³-hybridized carbons (Fsp3) is 0.350. The van der Waals surface area contributed by atoms with Crippen LogP contribution in [0.3, 0.4) is 0 Å². The van der Waals surface area contributed by atoms with Crippen LogP contribution in [-0.2, 0) is 19.5 Å². The summed E-state index contributed by atoms with van der Waals surface area (Å²) in [7, 11) is 0. The predicted molar refractivity (Wildman–Crippen MR) is 94.1 cm³/mol. The van der Waals surface area contributed by atoms with Crippen molar-refractivity contribution in [1.29, 1.82) is 0 Å². The molecule has 0 saturated heterocycles. The van der Waals surface area contributed by atoms with E-state index in [9.17, 15) is 0 Å². The molecule has 1 saturated carbocycles. The Kier molecular flexibility index (Phi) is 5.43. The molecule has 0 N–H and O–H groups in total. The quantitative estimate of drug-likeness (QED) is 0.466. The second kappa shape index (κ2) is 7.57. The zero-order valence-corrected chi connectivity index (χ0v) is 16.0. The fourth-order valence-corrected chi connectivity index (χ4v) is 3.89. The van der Waals surface area contributed by atoms with Crippen molar-refractivity contribution in [3.63, 3.8) is 0 Å². The Morgan fingerprint density at radius 3 is 2.44 bits per heavy atom. The number of nitrogens with zero attached hydrogens (tertiary/aromatic N) is 4. The molecule has 0 bridgehead atoms. The second-order valence-electron chi connectivity index (χ2n) is 6.83. The van der Waals surface area contributed by atoms with Gasteiger partial charge in [-0.05, 0) is 35.5 Å². The van der Waals surface area contributed by atoms with E-state index < -0.39 is 0 Å². The molecule has 25 heavy (non-hydrogen) atoms. The Morgan fingerprint density at radius 1 is 1.00 bits per heavy atom. The van der Waals surface area contributed by atoms with Crippen molar-refractivity contribution in [2.45, 2.75) is 32.7 Å². The molecule has 1 aliphatic carbocycles. The Morgan fingerprint density at radius 2 is 1.72 bits per heavy atom. The molecule has 1 aromatic heterocycles. The summed E-state index contributed by atoms with van der Waals surface area (Å²) in [6.45, 7) is 4.59. The average molecular weight is 420 g/mol. The van der Waals surface area contributed by atoms with Crippen molar-refractivity contribution in [1.82, 2.24) is 20.2 Å². The van der Waals surface area contributed by atoms with Crippen molar-refractivity contribution in [2.75, 3.05) is 0 Å². The molecule has 0 spiro atoms. The van der Waals surface area contributed by atoms with Crippen LogP contribution in [0.4, 0.5) is 0 Å². The van der Waals surface area contributed by atoms with Gasteiger partial charge in [0.15, 0.2) is 0 Å². The van der Waals surface area contributed by atoms with Crippen LogP contribution in [-0.4, -0.2) is 20.2 Å². The summed E-state index contributed by atoms with van der Waals surface area (Å²) < 4.78 is 2.02. The summed E-state index contributed by atoms with van der Waals surface area (Å²) >= 11 is 0. The van der Waals surface area contributed by atoms with E-state index in [1.54, 1.807) is 0 Å². The number of hydrogen-bond acceptors (Lipinski definition) is 3. The molecule has 2 aromatic carbocycles. The molecule has 5 heteroatoms. The van der Waals surface area contributed by atoms with Crippen LogP contribution < -0.4 is 0 Å². The molecular formula is C20H21N4Rh-. The van der Waals surface area contributed by atoms with Crippen molar-refractivity contribution < 1.29 is 19.5 Å². The molecule has 0 amide bonds. The maximum absolute atomic E-state index is 4.31. The van der Waals surface area contributed by atoms with Crippen molar-refractivity contribution >= 4 is 0 Å². The first-order valence-corrected chi connectivity index (χ1v) is 8.59. The van der Waals surface area contributed by atoms with Crippen LogP contribution >= 0.6 is 0 Å². The third-order valence-corrected chi connectivity index (χ3v) is 5.17. The first-order valence-electron chi connectivity index (χ1n) is 8.59. The molecule has 2 unspecified atom stereocenters. The zero-order valence-electron chi connectivity index (χ0n) is 14.4. The Bertz CT molecular complexity index is 820. The number of benzene rings is 2. The van der Waals surface area contributed by atoms with Crippen molar-refractivity contribution in [2.24, 2.45) is 11.8 Å². The van der Waals surface area contributed by atoms with E-state index in [0.717, 1.165) is 17.0 Å². The van der Waals surface area contributed by atoms with Gasteiger partial charge < -0.3 is 0 Å². The Labute approximate surface area is 161 Å². The maximum Gasteiger partial charge on any atom is 0.0988 e. The molecule has 1 fully saturated rings. The number of hydrogen-bond donors (Lipinski definition) is 0. The van der Waals surface area contributed by atoms with E-state index in [0.29, 0.717) is 17.9 Å². The van der Waals surface area contributed by atoms with E-state index in [4.69, 9.17) is 0 Å². The zero-order chi connectivity index (χ0) is 16.5. The summed E-state index contributed by atoms with van der Waals surface area (Å²) in [6, 6.07) is 20.2. The summed E-state index contributed by atoms with van der Waals surface area (Å²) in [6.07, 6.45) is 2.47. The summed E-state index contributed by atoms with van der Waals surface area (Å²) in [4.78, 5) is 0. The molecule has 131 valence electrons. The summed E-state index contributed by atoms with van der Waals surface area (Å²) in [5, 5.41) is 12.6. The van der Waals surface area contributed by atoms with Crippen molar-refractivity contribution in [3.8, 4) is 22.5 Å². The predicted octanol–water partition coefficient (Wildman–Crippen LogP) is 4.41. The van der Waals surface area contributed by atoms with Gasteiger partial charge in [0.25, 0.3) is 0 Å². The molecule has 4 rings (SSSR count). The average Bonchev–Trinajstić information content (AvgIpc) is 3.22. The van der Waals surface area contributed by atoms with Crippen molar-refractivity contribution in [3.05, 3.63) is 54.6 Å². The molecule has 4 nitrogen and oxygen atoms in total. The van der Waals surface area contributed by atoms with Gasteiger partial charge >= 0.3 is 0 Å². The van der Waals surface area contributed by atoms with Crippen LogP contribution in [0, 0.1) is 17.9 Å². The van der Waals surface area contributed by atoms with Gasteiger partial charge in [-0.15, -0.1) is 35.4 Å². The number of aromatic nitrogens is 4. The molecule has 3 aromatic rings. The molecule has 1 radical (unpaired) electrons. The van der Waals surface area contributed by atoms with Gasteiger partial charge in [-0.25, -0.2) is 0 Å². The molecule has 0 aliphatic heterocycles. The van der Waals surface area contributed by atoms with Gasteiger partial charge in [0.2, 0.25) is 0 Å².